The number of rotatable bonds is 4. The molecule has 29 heavy (non-hydrogen) atoms. The third kappa shape index (κ3) is 3.79. The summed E-state index contributed by atoms with van der Waals surface area (Å²) in [6.07, 6.45) is -1.32. The van der Waals surface area contributed by atoms with E-state index in [1.54, 1.807) is 18.2 Å². The van der Waals surface area contributed by atoms with Crippen LogP contribution in [0.5, 0.6) is 0 Å². The maximum atomic E-state index is 13.8. The van der Waals surface area contributed by atoms with Gasteiger partial charge in [-0.1, -0.05) is 6.07 Å². The standard InChI is InChI=1S/C19H21F2N5O2S/c1-11-4-5-13-14(8-11)26(18(22-13)17(20)21)16-9-15(23-19(24-16)29(3)27)25-6-7-28-10-12(25)2/h4-5,8-9,12,17H,6-7,10H2,1-3H3/t12-,29?/m1/s1. The summed E-state index contributed by atoms with van der Waals surface area (Å²) in [7, 11) is 0. The largest absolute Gasteiger partial charge is 0.609 e. The minimum Gasteiger partial charge on any atom is -0.609 e. The number of morpholine rings is 1. The maximum Gasteiger partial charge on any atom is 0.346 e. The topological polar surface area (TPSA) is 79.1 Å². The summed E-state index contributed by atoms with van der Waals surface area (Å²) in [5, 5.41) is 0.0888. The molecule has 0 spiro atoms. The van der Waals surface area contributed by atoms with Crippen LogP contribution in [0.3, 0.4) is 0 Å². The van der Waals surface area contributed by atoms with Gasteiger partial charge >= 0.3 is 5.16 Å². The smallest absolute Gasteiger partial charge is 0.346 e. The highest BCUT2D eigenvalue weighted by atomic mass is 32.2. The number of benzene rings is 1. The second kappa shape index (κ2) is 7.85. The van der Waals surface area contributed by atoms with Crippen LogP contribution < -0.4 is 4.90 Å². The number of aromatic nitrogens is 4. The SMILES string of the molecule is Cc1ccc2nc(C(F)F)n(-c3cc(N4CCOC[C@H]4C)nc([S+](C)[O-])n3)c2c1. The summed E-state index contributed by atoms with van der Waals surface area (Å²) in [6.45, 7) is 5.53. The molecule has 0 N–H and O–H groups in total. The molecule has 3 heterocycles. The van der Waals surface area contributed by atoms with Crippen LogP contribution in [0.2, 0.25) is 0 Å². The Morgan fingerprint density at radius 3 is 2.66 bits per heavy atom. The minimum absolute atomic E-state index is 0.0426. The lowest BCUT2D eigenvalue weighted by molar-refractivity contribution is 0.0984. The van der Waals surface area contributed by atoms with E-state index in [0.717, 1.165) is 5.56 Å². The molecule has 0 amide bonds. The highest BCUT2D eigenvalue weighted by molar-refractivity contribution is 7.90. The predicted molar refractivity (Wildman–Crippen MR) is 106 cm³/mol. The predicted octanol–water partition coefficient (Wildman–Crippen LogP) is 3.02. The van der Waals surface area contributed by atoms with Gasteiger partial charge in [-0.15, -0.1) is 0 Å². The number of nitrogens with zero attached hydrogens (tertiary/aromatic N) is 5. The van der Waals surface area contributed by atoms with Gasteiger partial charge in [0.25, 0.3) is 6.43 Å². The molecule has 1 fully saturated rings. The Balaban J connectivity index is 1.95. The highest BCUT2D eigenvalue weighted by Crippen LogP contribution is 2.30. The Hall–Kier alpha value is -2.30. The van der Waals surface area contributed by atoms with Gasteiger partial charge in [0, 0.05) is 23.8 Å². The van der Waals surface area contributed by atoms with Crippen molar-refractivity contribution in [3.05, 3.63) is 35.7 Å². The number of hydrogen-bond acceptors (Lipinski definition) is 6. The van der Waals surface area contributed by atoms with Gasteiger partial charge in [-0.25, -0.2) is 13.8 Å². The Labute approximate surface area is 169 Å². The fraction of sp³-hybridized carbons (Fsp3) is 0.421. The molecule has 1 aliphatic rings. The van der Waals surface area contributed by atoms with Gasteiger partial charge in [0.15, 0.2) is 5.82 Å². The highest BCUT2D eigenvalue weighted by Gasteiger charge is 2.27. The molecule has 0 saturated carbocycles. The van der Waals surface area contributed by atoms with E-state index < -0.39 is 23.4 Å². The van der Waals surface area contributed by atoms with Gasteiger partial charge in [0.1, 0.15) is 17.9 Å². The molecule has 2 aromatic heterocycles. The molecule has 0 aliphatic carbocycles. The zero-order valence-corrected chi connectivity index (χ0v) is 17.1. The molecule has 3 aromatic rings. The Bertz CT molecular complexity index is 1040. The summed E-state index contributed by atoms with van der Waals surface area (Å²) in [5.74, 6) is 0.353. The molecular formula is C19H21F2N5O2S. The van der Waals surface area contributed by atoms with Crippen molar-refractivity contribution in [3.8, 4) is 5.82 Å². The van der Waals surface area contributed by atoms with Crippen molar-refractivity contribution in [1.82, 2.24) is 19.5 Å². The quantitative estimate of drug-likeness (QED) is 0.476. The summed E-state index contributed by atoms with van der Waals surface area (Å²) < 4.78 is 46.6. The van der Waals surface area contributed by atoms with E-state index in [0.29, 0.717) is 36.6 Å². The molecule has 2 atom stereocenters. The molecule has 4 rings (SSSR count). The van der Waals surface area contributed by atoms with E-state index >= 15 is 0 Å². The lowest BCUT2D eigenvalue weighted by atomic mass is 10.2. The van der Waals surface area contributed by atoms with Crippen molar-refractivity contribution in [3.63, 3.8) is 0 Å². The van der Waals surface area contributed by atoms with Gasteiger partial charge in [-0.3, -0.25) is 4.57 Å². The number of alkyl halides is 2. The molecular weight excluding hydrogens is 400 g/mol. The fourth-order valence-electron chi connectivity index (χ4n) is 3.45. The Morgan fingerprint density at radius 1 is 1.21 bits per heavy atom. The van der Waals surface area contributed by atoms with Crippen LogP contribution in [0, 0.1) is 6.92 Å². The van der Waals surface area contributed by atoms with Gasteiger partial charge in [0.2, 0.25) is 0 Å². The molecule has 1 saturated heterocycles. The molecule has 7 nitrogen and oxygen atoms in total. The minimum atomic E-state index is -2.79. The number of anilines is 1. The molecule has 1 aromatic carbocycles. The number of hydrogen-bond donors (Lipinski definition) is 0. The first-order valence-corrected chi connectivity index (χ1v) is 10.8. The first-order chi connectivity index (χ1) is 13.8. The van der Waals surface area contributed by atoms with Crippen LogP contribution in [-0.4, -0.2) is 56.1 Å². The zero-order chi connectivity index (χ0) is 20.7. The van der Waals surface area contributed by atoms with Gasteiger partial charge in [-0.05, 0) is 31.5 Å². The lowest BCUT2D eigenvalue weighted by Gasteiger charge is -2.34. The number of imidazole rings is 1. The van der Waals surface area contributed by atoms with E-state index in [4.69, 9.17) is 4.74 Å². The van der Waals surface area contributed by atoms with E-state index in [1.165, 1.54) is 10.8 Å². The van der Waals surface area contributed by atoms with Crippen molar-refractivity contribution in [2.75, 3.05) is 30.9 Å². The first kappa shape index (κ1) is 20.0. The number of aryl methyl sites for hydroxylation is 1. The third-order valence-corrected chi connectivity index (χ3v) is 5.55. The molecule has 10 heteroatoms. The van der Waals surface area contributed by atoms with Gasteiger partial charge < -0.3 is 14.2 Å². The van der Waals surface area contributed by atoms with Crippen LogP contribution >= 0.6 is 0 Å². The molecule has 1 aliphatic heterocycles. The van der Waals surface area contributed by atoms with E-state index in [1.807, 2.05) is 24.8 Å². The van der Waals surface area contributed by atoms with Crippen molar-refractivity contribution in [1.29, 1.82) is 0 Å². The van der Waals surface area contributed by atoms with Crippen molar-refractivity contribution >= 4 is 28.0 Å². The molecule has 1 unspecified atom stereocenters. The van der Waals surface area contributed by atoms with E-state index in [2.05, 4.69) is 15.0 Å². The lowest BCUT2D eigenvalue weighted by Crippen LogP contribution is -2.44. The second-order valence-corrected chi connectivity index (χ2v) is 8.31. The van der Waals surface area contributed by atoms with Crippen LogP contribution in [0.1, 0.15) is 24.7 Å². The van der Waals surface area contributed by atoms with Crippen LogP contribution in [0.4, 0.5) is 14.6 Å². The fourth-order valence-corrected chi connectivity index (χ4v) is 3.89. The summed E-state index contributed by atoms with van der Waals surface area (Å²) in [5.41, 5.74) is 1.88. The van der Waals surface area contributed by atoms with Crippen LogP contribution in [0.15, 0.2) is 29.4 Å². The van der Waals surface area contributed by atoms with Gasteiger partial charge in [0.05, 0.1) is 30.3 Å². The van der Waals surface area contributed by atoms with Crippen molar-refractivity contribution in [2.45, 2.75) is 31.5 Å². The van der Waals surface area contributed by atoms with Crippen molar-refractivity contribution in [2.24, 2.45) is 0 Å². The second-order valence-electron chi connectivity index (χ2n) is 7.04. The summed E-state index contributed by atoms with van der Waals surface area (Å²) in [4.78, 5) is 14.9. The van der Waals surface area contributed by atoms with E-state index in [9.17, 15) is 13.3 Å². The number of halogens is 2. The molecule has 0 radical (unpaired) electrons. The summed E-state index contributed by atoms with van der Waals surface area (Å²) in [6, 6.07) is 7.00. The third-order valence-electron chi connectivity index (χ3n) is 4.86. The normalized spacial score (nSPS) is 18.6. The Morgan fingerprint density at radius 2 is 1.97 bits per heavy atom. The number of ether oxygens (including phenoxy) is 1. The average Bonchev–Trinajstić information content (AvgIpc) is 3.07. The summed E-state index contributed by atoms with van der Waals surface area (Å²) >= 11 is -1.48. The molecule has 0 bridgehead atoms. The Kier molecular flexibility index (Phi) is 5.41. The van der Waals surface area contributed by atoms with Crippen LogP contribution in [0.25, 0.3) is 16.9 Å². The monoisotopic (exact) mass is 421 g/mol. The maximum absolute atomic E-state index is 13.8. The van der Waals surface area contributed by atoms with Gasteiger partial charge in [-0.2, -0.15) is 9.97 Å². The average molecular weight is 421 g/mol. The zero-order valence-electron chi connectivity index (χ0n) is 16.3. The number of fused-ring (bicyclic) bond motifs is 1. The molecule has 154 valence electrons. The van der Waals surface area contributed by atoms with E-state index in [-0.39, 0.29) is 17.0 Å². The first-order valence-electron chi connectivity index (χ1n) is 9.19. The van der Waals surface area contributed by atoms with Crippen molar-refractivity contribution < 1.29 is 18.1 Å². The van der Waals surface area contributed by atoms with Crippen LogP contribution in [-0.2, 0) is 15.9 Å².